The zero-order valence-corrected chi connectivity index (χ0v) is 14.5. The summed E-state index contributed by atoms with van der Waals surface area (Å²) in [7, 11) is 4.18. The van der Waals surface area contributed by atoms with Crippen LogP contribution in [0, 0.1) is 5.92 Å². The average Bonchev–Trinajstić information content (AvgIpc) is 2.97. The molecule has 1 fully saturated rings. The van der Waals surface area contributed by atoms with Crippen LogP contribution in [0.1, 0.15) is 44.7 Å². The number of rotatable bonds is 7. The Hall–Kier alpha value is -0.580. The molecule has 4 nitrogen and oxygen atoms in total. The van der Waals surface area contributed by atoms with Crippen LogP contribution in [0.5, 0.6) is 0 Å². The van der Waals surface area contributed by atoms with Crippen LogP contribution in [0.25, 0.3) is 0 Å². The minimum atomic E-state index is 0.525. The van der Waals surface area contributed by atoms with Crippen molar-refractivity contribution in [1.82, 2.24) is 20.0 Å². The van der Waals surface area contributed by atoms with Crippen molar-refractivity contribution in [3.05, 3.63) is 16.9 Å². The minimum Gasteiger partial charge on any atom is -0.314 e. The lowest BCUT2D eigenvalue weighted by atomic mass is 9.92. The van der Waals surface area contributed by atoms with Gasteiger partial charge in [0.25, 0.3) is 0 Å². The van der Waals surface area contributed by atoms with E-state index < -0.39 is 0 Å². The van der Waals surface area contributed by atoms with E-state index in [1.54, 1.807) is 0 Å². The Labute approximate surface area is 133 Å². The van der Waals surface area contributed by atoms with Crippen LogP contribution < -0.4 is 5.32 Å². The molecular formula is C16H29ClN4. The van der Waals surface area contributed by atoms with E-state index in [1.165, 1.54) is 25.0 Å². The fourth-order valence-corrected chi connectivity index (χ4v) is 3.66. The molecule has 0 amide bonds. The second kappa shape index (κ2) is 7.61. The largest absolute Gasteiger partial charge is 0.314 e. The zero-order chi connectivity index (χ0) is 15.4. The summed E-state index contributed by atoms with van der Waals surface area (Å²) < 4.78 is 2.12. The third kappa shape index (κ3) is 3.99. The molecule has 1 heterocycles. The number of halogens is 1. The highest BCUT2D eigenvalue weighted by Gasteiger charge is 2.36. The summed E-state index contributed by atoms with van der Waals surface area (Å²) in [5.41, 5.74) is 1.24. The number of aromatic nitrogens is 2. The second-order valence-corrected chi connectivity index (χ2v) is 6.91. The van der Waals surface area contributed by atoms with Gasteiger partial charge in [-0.1, -0.05) is 25.4 Å². The van der Waals surface area contributed by atoms with Gasteiger partial charge in [0.05, 0.1) is 23.5 Å². The molecule has 3 unspecified atom stereocenters. The maximum absolute atomic E-state index is 6.44. The molecule has 21 heavy (non-hydrogen) atoms. The summed E-state index contributed by atoms with van der Waals surface area (Å²) in [5, 5.41) is 9.01. The standard InChI is InChI=1S/C16H29ClN4/c1-5-8-18-15-7-6-13(12(15)2)16-14(17)11-19-21(16)10-9-20(3)4/h11-13,15,18H,5-10H2,1-4H3. The Morgan fingerprint density at radius 3 is 2.86 bits per heavy atom. The molecule has 1 aromatic rings. The van der Waals surface area contributed by atoms with Gasteiger partial charge in [0, 0.05) is 18.5 Å². The van der Waals surface area contributed by atoms with Crippen molar-refractivity contribution >= 4 is 11.6 Å². The molecule has 2 rings (SSSR count). The maximum Gasteiger partial charge on any atom is 0.0820 e. The van der Waals surface area contributed by atoms with Gasteiger partial charge in [-0.25, -0.2) is 0 Å². The van der Waals surface area contributed by atoms with E-state index >= 15 is 0 Å². The molecule has 0 saturated heterocycles. The van der Waals surface area contributed by atoms with Gasteiger partial charge in [-0.2, -0.15) is 5.10 Å². The first-order valence-electron chi connectivity index (χ1n) is 8.13. The van der Waals surface area contributed by atoms with Gasteiger partial charge < -0.3 is 10.2 Å². The molecule has 0 aromatic carbocycles. The molecule has 0 spiro atoms. The van der Waals surface area contributed by atoms with Crippen molar-refractivity contribution in [3.8, 4) is 0 Å². The molecule has 3 atom stereocenters. The third-order valence-electron chi connectivity index (χ3n) is 4.66. The first kappa shape index (κ1) is 16.8. The second-order valence-electron chi connectivity index (χ2n) is 6.51. The highest BCUT2D eigenvalue weighted by atomic mass is 35.5. The highest BCUT2D eigenvalue weighted by Crippen LogP contribution is 2.42. The van der Waals surface area contributed by atoms with Crippen molar-refractivity contribution < 1.29 is 0 Å². The Kier molecular flexibility index (Phi) is 6.08. The van der Waals surface area contributed by atoms with Gasteiger partial charge in [0.1, 0.15) is 0 Å². The molecule has 0 aliphatic heterocycles. The lowest BCUT2D eigenvalue weighted by Gasteiger charge is -2.23. The van der Waals surface area contributed by atoms with Gasteiger partial charge >= 0.3 is 0 Å². The minimum absolute atomic E-state index is 0.525. The summed E-state index contributed by atoms with van der Waals surface area (Å²) in [6.07, 6.45) is 5.44. The molecule has 0 bridgehead atoms. The molecule has 1 saturated carbocycles. The van der Waals surface area contributed by atoms with E-state index in [0.29, 0.717) is 17.9 Å². The van der Waals surface area contributed by atoms with Crippen molar-refractivity contribution in [2.45, 2.75) is 51.6 Å². The van der Waals surface area contributed by atoms with Crippen LogP contribution in [0.3, 0.4) is 0 Å². The molecule has 1 aliphatic rings. The smallest absolute Gasteiger partial charge is 0.0820 e. The number of hydrogen-bond acceptors (Lipinski definition) is 3. The predicted octanol–water partition coefficient (Wildman–Crippen LogP) is 2.98. The van der Waals surface area contributed by atoms with Crippen LogP contribution in [0.4, 0.5) is 0 Å². The van der Waals surface area contributed by atoms with E-state index in [-0.39, 0.29) is 0 Å². The summed E-state index contributed by atoms with van der Waals surface area (Å²) >= 11 is 6.44. The Morgan fingerprint density at radius 2 is 2.19 bits per heavy atom. The van der Waals surface area contributed by atoms with Crippen LogP contribution >= 0.6 is 11.6 Å². The summed E-state index contributed by atoms with van der Waals surface area (Å²) in [6.45, 7) is 7.58. The summed E-state index contributed by atoms with van der Waals surface area (Å²) in [4.78, 5) is 2.18. The van der Waals surface area contributed by atoms with Crippen molar-refractivity contribution in [3.63, 3.8) is 0 Å². The van der Waals surface area contributed by atoms with E-state index in [0.717, 1.165) is 24.7 Å². The van der Waals surface area contributed by atoms with E-state index in [2.05, 4.69) is 47.9 Å². The predicted molar refractivity (Wildman–Crippen MR) is 89.0 cm³/mol. The first-order valence-corrected chi connectivity index (χ1v) is 8.51. The summed E-state index contributed by atoms with van der Waals surface area (Å²) in [5.74, 6) is 1.14. The van der Waals surface area contributed by atoms with Gasteiger partial charge in [-0.15, -0.1) is 0 Å². The molecule has 1 N–H and O–H groups in total. The number of hydrogen-bond donors (Lipinski definition) is 1. The molecular weight excluding hydrogens is 284 g/mol. The van der Waals surface area contributed by atoms with Crippen LogP contribution in [0.2, 0.25) is 5.02 Å². The molecule has 1 aliphatic carbocycles. The molecule has 5 heteroatoms. The van der Waals surface area contributed by atoms with Gasteiger partial charge in [0.15, 0.2) is 0 Å². The van der Waals surface area contributed by atoms with Crippen molar-refractivity contribution in [2.24, 2.45) is 5.92 Å². The Balaban J connectivity index is 2.09. The third-order valence-corrected chi connectivity index (χ3v) is 4.95. The Morgan fingerprint density at radius 1 is 1.43 bits per heavy atom. The van der Waals surface area contributed by atoms with Gasteiger partial charge in [-0.3, -0.25) is 4.68 Å². The van der Waals surface area contributed by atoms with Crippen LogP contribution in [0.15, 0.2) is 6.20 Å². The fourth-order valence-electron chi connectivity index (χ4n) is 3.38. The van der Waals surface area contributed by atoms with E-state index in [1.807, 2.05) is 6.20 Å². The molecule has 120 valence electrons. The topological polar surface area (TPSA) is 33.1 Å². The van der Waals surface area contributed by atoms with E-state index in [4.69, 9.17) is 11.6 Å². The number of nitrogens with one attached hydrogen (secondary N) is 1. The monoisotopic (exact) mass is 312 g/mol. The lowest BCUT2D eigenvalue weighted by molar-refractivity contribution is 0.355. The average molecular weight is 313 g/mol. The van der Waals surface area contributed by atoms with Crippen molar-refractivity contribution in [2.75, 3.05) is 27.2 Å². The van der Waals surface area contributed by atoms with Crippen LogP contribution in [-0.4, -0.2) is 47.9 Å². The highest BCUT2D eigenvalue weighted by molar-refractivity contribution is 6.31. The number of nitrogens with zero attached hydrogens (tertiary/aromatic N) is 3. The Bertz CT molecular complexity index is 443. The van der Waals surface area contributed by atoms with Crippen molar-refractivity contribution in [1.29, 1.82) is 0 Å². The maximum atomic E-state index is 6.44. The molecule has 1 aromatic heterocycles. The van der Waals surface area contributed by atoms with Gasteiger partial charge in [-0.05, 0) is 45.8 Å². The lowest BCUT2D eigenvalue weighted by Crippen LogP contribution is -2.33. The quantitative estimate of drug-likeness (QED) is 0.840. The van der Waals surface area contributed by atoms with Gasteiger partial charge in [0.2, 0.25) is 0 Å². The normalized spacial score (nSPS) is 25.9. The molecule has 0 radical (unpaired) electrons. The fraction of sp³-hybridized carbons (Fsp3) is 0.812. The van der Waals surface area contributed by atoms with Crippen LogP contribution in [-0.2, 0) is 6.54 Å². The first-order chi connectivity index (χ1) is 10.0. The zero-order valence-electron chi connectivity index (χ0n) is 13.8. The van der Waals surface area contributed by atoms with E-state index in [9.17, 15) is 0 Å². The SMILES string of the molecule is CCCNC1CCC(c2c(Cl)cnn2CCN(C)C)C1C. The summed E-state index contributed by atoms with van der Waals surface area (Å²) in [6, 6.07) is 0.614. The number of likely N-dealkylation sites (N-methyl/N-ethyl adjacent to an activating group) is 1.